The van der Waals surface area contributed by atoms with Crippen molar-refractivity contribution in [1.29, 1.82) is 0 Å². The van der Waals surface area contributed by atoms with E-state index in [-0.39, 0.29) is 6.04 Å². The molecule has 158 valence electrons. The zero-order valence-corrected chi connectivity index (χ0v) is 17.7. The Labute approximate surface area is 181 Å². The summed E-state index contributed by atoms with van der Waals surface area (Å²) >= 11 is 0. The second-order valence-electron chi connectivity index (χ2n) is 7.49. The van der Waals surface area contributed by atoms with Gasteiger partial charge < -0.3 is 18.9 Å². The monoisotopic (exact) mass is 416 g/mol. The van der Waals surface area contributed by atoms with Crippen LogP contribution in [-0.4, -0.2) is 32.0 Å². The number of hydrogen-bond donors (Lipinski definition) is 0. The molecule has 0 saturated carbocycles. The lowest BCUT2D eigenvalue weighted by atomic mass is 9.96. The first kappa shape index (κ1) is 19.3. The number of para-hydroxylation sites is 1. The molecule has 5 rings (SSSR count). The van der Waals surface area contributed by atoms with E-state index in [1.165, 1.54) is 0 Å². The molecule has 3 aromatic carbocycles. The van der Waals surface area contributed by atoms with Crippen LogP contribution in [0.4, 0.5) is 0 Å². The van der Waals surface area contributed by atoms with Crippen LogP contribution in [0.15, 0.2) is 71.8 Å². The average molecular weight is 416 g/mol. The number of fused-ring (bicyclic) bond motifs is 3. The molecule has 0 spiro atoms. The van der Waals surface area contributed by atoms with Crippen LogP contribution in [-0.2, 0) is 0 Å². The lowest BCUT2D eigenvalue weighted by Gasteiger charge is -2.38. The van der Waals surface area contributed by atoms with Crippen molar-refractivity contribution in [2.45, 2.75) is 18.7 Å². The summed E-state index contributed by atoms with van der Waals surface area (Å²) in [7, 11) is 4.97. The van der Waals surface area contributed by atoms with Gasteiger partial charge in [-0.3, -0.25) is 0 Å². The van der Waals surface area contributed by atoms with Crippen molar-refractivity contribution in [2.24, 2.45) is 5.10 Å². The highest BCUT2D eigenvalue weighted by Gasteiger charge is 2.41. The summed E-state index contributed by atoms with van der Waals surface area (Å²) < 4.78 is 22.8. The van der Waals surface area contributed by atoms with Crippen molar-refractivity contribution in [3.63, 3.8) is 0 Å². The summed E-state index contributed by atoms with van der Waals surface area (Å²) in [6, 6.07) is 22.0. The Kier molecular flexibility index (Phi) is 4.90. The van der Waals surface area contributed by atoms with Gasteiger partial charge in [0.15, 0.2) is 0 Å². The van der Waals surface area contributed by atoms with Crippen LogP contribution in [0.3, 0.4) is 0 Å². The molecule has 0 radical (unpaired) electrons. The molecule has 0 unspecified atom stereocenters. The van der Waals surface area contributed by atoms with Crippen LogP contribution in [0.5, 0.6) is 23.0 Å². The van der Waals surface area contributed by atoms with E-state index in [0.717, 1.165) is 46.1 Å². The number of hydrogen-bond acceptors (Lipinski definition) is 6. The molecule has 2 aliphatic rings. The minimum absolute atomic E-state index is 0.0823. The number of nitrogens with zero attached hydrogens (tertiary/aromatic N) is 2. The zero-order chi connectivity index (χ0) is 21.4. The molecule has 0 aliphatic carbocycles. The van der Waals surface area contributed by atoms with Gasteiger partial charge in [-0.05, 0) is 48.0 Å². The van der Waals surface area contributed by atoms with Gasteiger partial charge >= 0.3 is 0 Å². The molecule has 2 aliphatic heterocycles. The van der Waals surface area contributed by atoms with E-state index in [1.807, 2.05) is 65.7 Å². The first-order chi connectivity index (χ1) is 15.2. The Morgan fingerprint density at radius 1 is 0.839 bits per heavy atom. The van der Waals surface area contributed by atoms with Crippen molar-refractivity contribution in [3.8, 4) is 23.0 Å². The molecular weight excluding hydrogens is 392 g/mol. The molecule has 0 bridgehead atoms. The lowest BCUT2D eigenvalue weighted by molar-refractivity contribution is -0.0203. The molecule has 3 aromatic rings. The van der Waals surface area contributed by atoms with Crippen molar-refractivity contribution in [3.05, 3.63) is 83.4 Å². The van der Waals surface area contributed by atoms with Crippen molar-refractivity contribution < 1.29 is 18.9 Å². The van der Waals surface area contributed by atoms with E-state index in [4.69, 9.17) is 24.0 Å². The summed E-state index contributed by atoms with van der Waals surface area (Å²) in [5.41, 5.74) is 4.14. The fraction of sp³-hybridized carbons (Fsp3) is 0.240. The zero-order valence-electron chi connectivity index (χ0n) is 17.7. The van der Waals surface area contributed by atoms with Gasteiger partial charge in [0.2, 0.25) is 6.23 Å². The van der Waals surface area contributed by atoms with E-state index in [2.05, 4.69) is 6.07 Å². The van der Waals surface area contributed by atoms with E-state index in [0.29, 0.717) is 5.75 Å². The first-order valence-corrected chi connectivity index (χ1v) is 10.2. The fourth-order valence-electron chi connectivity index (χ4n) is 4.22. The maximum absolute atomic E-state index is 6.45. The van der Waals surface area contributed by atoms with Gasteiger partial charge in [-0.25, -0.2) is 5.01 Å². The highest BCUT2D eigenvalue weighted by molar-refractivity contribution is 6.02. The molecule has 2 heterocycles. The summed E-state index contributed by atoms with van der Waals surface area (Å²) in [4.78, 5) is 0. The summed E-state index contributed by atoms with van der Waals surface area (Å²) in [6.07, 6.45) is 0.387. The molecule has 6 nitrogen and oxygen atoms in total. The predicted octanol–water partition coefficient (Wildman–Crippen LogP) is 4.95. The molecule has 0 N–H and O–H groups in total. The Morgan fingerprint density at radius 2 is 1.58 bits per heavy atom. The number of hydrazone groups is 1. The maximum atomic E-state index is 6.45. The van der Waals surface area contributed by atoms with Crippen molar-refractivity contribution in [1.82, 2.24) is 5.01 Å². The number of methoxy groups -OCH3 is 3. The van der Waals surface area contributed by atoms with Crippen molar-refractivity contribution in [2.75, 3.05) is 21.3 Å². The normalized spacial score (nSPS) is 19.1. The van der Waals surface area contributed by atoms with Crippen LogP contribution < -0.4 is 18.9 Å². The molecular formula is C25H24N2O4. The Morgan fingerprint density at radius 3 is 2.32 bits per heavy atom. The van der Waals surface area contributed by atoms with Gasteiger partial charge in [-0.1, -0.05) is 18.2 Å². The van der Waals surface area contributed by atoms with Crippen LogP contribution in [0, 0.1) is 0 Å². The summed E-state index contributed by atoms with van der Waals surface area (Å²) in [5, 5.41) is 7.06. The third-order valence-electron chi connectivity index (χ3n) is 5.83. The molecule has 2 atom stereocenters. The minimum atomic E-state index is -0.406. The molecule has 0 aromatic heterocycles. The van der Waals surface area contributed by atoms with Crippen LogP contribution in [0.25, 0.3) is 0 Å². The van der Waals surface area contributed by atoms with Crippen LogP contribution >= 0.6 is 0 Å². The van der Waals surface area contributed by atoms with E-state index in [9.17, 15) is 0 Å². The molecule has 0 fully saturated rings. The Balaban J connectivity index is 1.58. The third kappa shape index (κ3) is 3.34. The van der Waals surface area contributed by atoms with Gasteiger partial charge in [0, 0.05) is 18.1 Å². The average Bonchev–Trinajstić information content (AvgIpc) is 3.29. The SMILES string of the molecule is COc1ccc(C2=NN3[C@@H](c4ccc(OC)cc4OC)Oc4ccccc4[C@@H]3C2)cc1. The predicted molar refractivity (Wildman–Crippen MR) is 118 cm³/mol. The van der Waals surface area contributed by atoms with Crippen LogP contribution in [0.2, 0.25) is 0 Å². The number of rotatable bonds is 5. The third-order valence-corrected chi connectivity index (χ3v) is 5.83. The van der Waals surface area contributed by atoms with Gasteiger partial charge in [0.1, 0.15) is 23.0 Å². The second-order valence-corrected chi connectivity index (χ2v) is 7.49. The maximum Gasteiger partial charge on any atom is 0.217 e. The first-order valence-electron chi connectivity index (χ1n) is 10.2. The van der Waals surface area contributed by atoms with Gasteiger partial charge in [0.05, 0.1) is 38.6 Å². The highest BCUT2D eigenvalue weighted by atomic mass is 16.5. The van der Waals surface area contributed by atoms with Gasteiger partial charge in [-0.2, -0.15) is 5.10 Å². The van der Waals surface area contributed by atoms with E-state index < -0.39 is 6.23 Å². The smallest absolute Gasteiger partial charge is 0.217 e. The van der Waals surface area contributed by atoms with Gasteiger partial charge in [-0.15, -0.1) is 0 Å². The lowest BCUT2D eigenvalue weighted by Crippen LogP contribution is -2.33. The fourth-order valence-corrected chi connectivity index (χ4v) is 4.22. The largest absolute Gasteiger partial charge is 0.497 e. The Bertz CT molecular complexity index is 1130. The minimum Gasteiger partial charge on any atom is -0.497 e. The van der Waals surface area contributed by atoms with E-state index in [1.54, 1.807) is 21.3 Å². The molecule has 6 heteroatoms. The Hall–Kier alpha value is -3.67. The quantitative estimate of drug-likeness (QED) is 0.589. The topological polar surface area (TPSA) is 52.5 Å². The second kappa shape index (κ2) is 7.87. The molecule has 0 amide bonds. The standard InChI is InChI=1S/C25H24N2O4/c1-28-17-10-8-16(9-11-17)21-15-22-19-6-4-5-7-23(19)31-25(27(22)26-21)20-13-12-18(29-2)14-24(20)30-3/h4-14,22,25H,15H2,1-3H3/t22-,25+/m0/s1. The number of ether oxygens (including phenoxy) is 4. The van der Waals surface area contributed by atoms with Crippen molar-refractivity contribution >= 4 is 5.71 Å². The van der Waals surface area contributed by atoms with Gasteiger partial charge in [0.25, 0.3) is 0 Å². The van der Waals surface area contributed by atoms with E-state index >= 15 is 0 Å². The van der Waals surface area contributed by atoms with Crippen LogP contribution in [0.1, 0.15) is 35.4 Å². The highest BCUT2D eigenvalue weighted by Crippen LogP contribution is 2.49. The molecule has 0 saturated heterocycles. The summed E-state index contributed by atoms with van der Waals surface area (Å²) in [6.45, 7) is 0. The summed E-state index contributed by atoms with van der Waals surface area (Å²) in [5.74, 6) is 3.14. The molecule has 31 heavy (non-hydrogen) atoms. The number of benzene rings is 3.